The van der Waals surface area contributed by atoms with Crippen molar-refractivity contribution in [1.29, 1.82) is 0 Å². The molecule has 0 aliphatic rings. The van der Waals surface area contributed by atoms with E-state index in [1.54, 1.807) is 6.08 Å². The van der Waals surface area contributed by atoms with Crippen molar-refractivity contribution in [2.24, 2.45) is 0 Å². The van der Waals surface area contributed by atoms with Crippen LogP contribution in [0.4, 0.5) is 0 Å². The molecule has 0 saturated carbocycles. The lowest BCUT2D eigenvalue weighted by Gasteiger charge is -2.29. The van der Waals surface area contributed by atoms with Gasteiger partial charge in [-0.15, -0.1) is 0 Å². The van der Waals surface area contributed by atoms with Crippen molar-refractivity contribution in [2.45, 2.75) is 219 Å². The van der Waals surface area contributed by atoms with Crippen LogP contribution < -0.4 is 10.2 Å². The van der Waals surface area contributed by atoms with Gasteiger partial charge in [0.15, 0.2) is 0 Å². The van der Waals surface area contributed by atoms with Crippen LogP contribution in [0.25, 0.3) is 0 Å². The lowest BCUT2D eigenvalue weighted by molar-refractivity contribution is -0.870. The van der Waals surface area contributed by atoms with Crippen molar-refractivity contribution in [3.63, 3.8) is 0 Å². The second-order valence-corrected chi connectivity index (χ2v) is 19.2. The molecule has 0 rings (SSSR count). The normalized spacial score (nSPS) is 14.7. The summed E-state index contributed by atoms with van der Waals surface area (Å²) in [7, 11) is 1.22. The number of phosphoric ester groups is 1. The zero-order valence-electron chi connectivity index (χ0n) is 39.6. The molecule has 0 fully saturated rings. The number of allylic oxidation sites excluding steroid dienone is 9. The number of nitrogens with one attached hydrogen (secondary N) is 1. The molecular weight excluding hydrogens is 768 g/mol. The summed E-state index contributed by atoms with van der Waals surface area (Å²) in [5.74, 6) is -0.227. The van der Waals surface area contributed by atoms with Gasteiger partial charge in [0.2, 0.25) is 5.91 Å². The van der Waals surface area contributed by atoms with E-state index < -0.39 is 26.6 Å². The zero-order valence-corrected chi connectivity index (χ0v) is 40.5. The minimum Gasteiger partial charge on any atom is -0.756 e. The van der Waals surface area contributed by atoms with Gasteiger partial charge in [-0.1, -0.05) is 184 Å². The quantitative estimate of drug-likeness (QED) is 0.0273. The largest absolute Gasteiger partial charge is 0.756 e. The van der Waals surface area contributed by atoms with Crippen LogP contribution in [-0.4, -0.2) is 68.5 Å². The van der Waals surface area contributed by atoms with Gasteiger partial charge in [0.1, 0.15) is 13.2 Å². The molecule has 3 atom stereocenters. The molecule has 0 aliphatic carbocycles. The molecule has 0 aromatic carbocycles. The maximum absolute atomic E-state index is 12.9. The Morgan fingerprint density at radius 2 is 0.983 bits per heavy atom. The van der Waals surface area contributed by atoms with Crippen molar-refractivity contribution >= 4 is 13.7 Å². The summed E-state index contributed by atoms with van der Waals surface area (Å²) in [6.07, 6.45) is 55.7. The highest BCUT2D eigenvalue weighted by Crippen LogP contribution is 2.38. The number of hydrogen-bond donors (Lipinski definition) is 2. The van der Waals surface area contributed by atoms with Gasteiger partial charge in [-0.2, -0.15) is 0 Å². The molecule has 0 aliphatic heterocycles. The summed E-state index contributed by atoms with van der Waals surface area (Å²) in [6.45, 7) is 4.58. The fourth-order valence-electron chi connectivity index (χ4n) is 6.74. The summed E-state index contributed by atoms with van der Waals surface area (Å²) in [6, 6.07) is -0.918. The van der Waals surface area contributed by atoms with Gasteiger partial charge >= 0.3 is 0 Å². The zero-order chi connectivity index (χ0) is 44.3. The number of rotatable bonds is 44. The minimum absolute atomic E-state index is 0.0140. The van der Waals surface area contributed by atoms with Gasteiger partial charge in [0, 0.05) is 6.42 Å². The number of amides is 1. The molecule has 0 radical (unpaired) electrons. The highest BCUT2D eigenvalue weighted by Gasteiger charge is 2.23. The van der Waals surface area contributed by atoms with Crippen LogP contribution in [0.2, 0.25) is 0 Å². The first kappa shape index (κ1) is 58.2. The predicted molar refractivity (Wildman–Crippen MR) is 256 cm³/mol. The van der Waals surface area contributed by atoms with Crippen LogP contribution in [0.5, 0.6) is 0 Å². The molecule has 0 aromatic rings. The Morgan fingerprint density at radius 1 is 0.583 bits per heavy atom. The number of carbonyl (C=O) groups is 1. The Kier molecular flexibility index (Phi) is 41.2. The van der Waals surface area contributed by atoms with Crippen molar-refractivity contribution in [3.05, 3.63) is 60.8 Å². The van der Waals surface area contributed by atoms with E-state index in [-0.39, 0.29) is 12.5 Å². The van der Waals surface area contributed by atoms with Crippen LogP contribution in [0.1, 0.15) is 206 Å². The van der Waals surface area contributed by atoms with E-state index in [0.29, 0.717) is 17.4 Å². The van der Waals surface area contributed by atoms with E-state index in [2.05, 4.69) is 67.8 Å². The van der Waals surface area contributed by atoms with E-state index >= 15 is 0 Å². The maximum atomic E-state index is 12.9. The van der Waals surface area contributed by atoms with Crippen LogP contribution in [0.15, 0.2) is 60.8 Å². The first-order chi connectivity index (χ1) is 29.0. The Bertz CT molecular complexity index is 1160. The van der Waals surface area contributed by atoms with E-state index in [0.717, 1.165) is 70.6 Å². The lowest BCUT2D eigenvalue weighted by Crippen LogP contribution is -2.45. The van der Waals surface area contributed by atoms with Crippen LogP contribution in [-0.2, 0) is 18.4 Å². The molecule has 2 N–H and O–H groups in total. The molecule has 60 heavy (non-hydrogen) atoms. The summed E-state index contributed by atoms with van der Waals surface area (Å²) in [5.41, 5.74) is 0. The highest BCUT2D eigenvalue weighted by atomic mass is 31.2. The maximum Gasteiger partial charge on any atom is 0.268 e. The predicted octanol–water partition coefficient (Wildman–Crippen LogP) is 13.6. The van der Waals surface area contributed by atoms with Crippen LogP contribution in [0, 0.1) is 0 Å². The highest BCUT2D eigenvalue weighted by molar-refractivity contribution is 7.45. The van der Waals surface area contributed by atoms with Crippen molar-refractivity contribution in [2.75, 3.05) is 40.9 Å². The third-order valence-corrected chi connectivity index (χ3v) is 11.6. The number of phosphoric acid groups is 1. The average Bonchev–Trinajstić information content (AvgIpc) is 3.20. The first-order valence-corrected chi connectivity index (χ1v) is 26.1. The molecule has 0 aromatic heterocycles. The van der Waals surface area contributed by atoms with Gasteiger partial charge in [-0.05, 0) is 77.0 Å². The summed E-state index contributed by atoms with van der Waals surface area (Å²) in [4.78, 5) is 25.3. The number of aliphatic hydroxyl groups is 1. The fraction of sp³-hybridized carbons (Fsp3) is 0.784. The number of likely N-dealkylation sites (N-methyl/N-ethyl adjacent to an activating group) is 1. The molecule has 3 unspecified atom stereocenters. The SMILES string of the molecule is CCCCC/C=C\C/C=C\CCCCCCCC(=O)NC(COP(=O)([O-])OCC[N+](C)(C)C)C(O)/C=C/CC/C=C/CC/C=C/CCCCCCCCCCCCCCC. The van der Waals surface area contributed by atoms with Crippen LogP contribution >= 0.6 is 7.82 Å². The summed E-state index contributed by atoms with van der Waals surface area (Å²) < 4.78 is 23.2. The topological polar surface area (TPSA) is 108 Å². The Balaban J connectivity index is 4.43. The Labute approximate surface area is 371 Å². The number of nitrogens with zero attached hydrogens (tertiary/aromatic N) is 1. The van der Waals surface area contributed by atoms with Gasteiger partial charge < -0.3 is 28.8 Å². The lowest BCUT2D eigenvalue weighted by atomic mass is 10.0. The van der Waals surface area contributed by atoms with Crippen molar-refractivity contribution in [1.82, 2.24) is 5.32 Å². The molecule has 0 spiro atoms. The molecule has 9 heteroatoms. The van der Waals surface area contributed by atoms with Gasteiger partial charge in [0.05, 0.1) is 39.9 Å². The average molecular weight is 863 g/mol. The van der Waals surface area contributed by atoms with Crippen LogP contribution in [0.3, 0.4) is 0 Å². The third kappa shape index (κ3) is 44.3. The molecule has 1 amide bonds. The number of carbonyl (C=O) groups excluding carboxylic acids is 1. The van der Waals surface area contributed by atoms with E-state index in [9.17, 15) is 19.4 Å². The standard InChI is InChI=1S/C51H95N2O6P/c1-6-8-10-12-14-16-18-20-22-23-24-25-26-27-28-29-31-32-34-36-38-40-42-44-50(54)49(48-59-60(56,57)58-47-46-53(3,4)5)52-51(55)45-43-41-39-37-35-33-30-21-19-17-15-13-11-9-7-2/h15,17,21,28-30,34,36,42,44,49-50,54H,6-14,16,18-20,22-27,31-33,35,37-41,43,45-48H2,1-5H3,(H-,52,55,56,57)/b17-15-,29-28+,30-21-,36-34+,44-42+. The molecule has 350 valence electrons. The molecule has 0 saturated heterocycles. The van der Waals surface area contributed by atoms with Gasteiger partial charge in [0.25, 0.3) is 7.82 Å². The van der Waals surface area contributed by atoms with Gasteiger partial charge in [-0.25, -0.2) is 0 Å². The van der Waals surface area contributed by atoms with E-state index in [1.807, 2.05) is 27.2 Å². The Hall–Kier alpha value is -1.80. The van der Waals surface area contributed by atoms with E-state index in [4.69, 9.17) is 9.05 Å². The first-order valence-electron chi connectivity index (χ1n) is 24.7. The van der Waals surface area contributed by atoms with Crippen molar-refractivity contribution < 1.29 is 32.9 Å². The summed E-state index contributed by atoms with van der Waals surface area (Å²) >= 11 is 0. The number of quaternary nitrogens is 1. The fourth-order valence-corrected chi connectivity index (χ4v) is 7.47. The minimum atomic E-state index is -4.61. The third-order valence-electron chi connectivity index (χ3n) is 10.7. The Morgan fingerprint density at radius 3 is 1.48 bits per heavy atom. The van der Waals surface area contributed by atoms with E-state index in [1.165, 1.54) is 116 Å². The number of unbranched alkanes of at least 4 members (excludes halogenated alkanes) is 23. The molecule has 0 heterocycles. The second kappa shape index (κ2) is 42.5. The number of aliphatic hydroxyl groups excluding tert-OH is 1. The van der Waals surface area contributed by atoms with Crippen molar-refractivity contribution in [3.8, 4) is 0 Å². The summed E-state index contributed by atoms with van der Waals surface area (Å²) in [5, 5.41) is 13.8. The monoisotopic (exact) mass is 863 g/mol. The molecular formula is C51H95N2O6P. The van der Waals surface area contributed by atoms with Gasteiger partial charge in [-0.3, -0.25) is 9.36 Å². The number of hydrogen-bond acceptors (Lipinski definition) is 6. The smallest absolute Gasteiger partial charge is 0.268 e. The molecule has 0 bridgehead atoms. The second-order valence-electron chi connectivity index (χ2n) is 17.8. The molecule has 8 nitrogen and oxygen atoms in total.